The van der Waals surface area contributed by atoms with E-state index in [4.69, 9.17) is 16.9 Å². The number of alkyl halides is 1. The molecule has 3 atom stereocenters. The van der Waals surface area contributed by atoms with Gasteiger partial charge < -0.3 is 20.5 Å². The predicted octanol–water partition coefficient (Wildman–Crippen LogP) is 4.04. The number of rotatable bonds is 6. The van der Waals surface area contributed by atoms with Gasteiger partial charge >= 0.3 is 0 Å². The summed E-state index contributed by atoms with van der Waals surface area (Å²) in [5.41, 5.74) is 3.02. The zero-order valence-corrected chi connectivity index (χ0v) is 22.5. The number of likely N-dealkylation sites (tertiary alicyclic amines) is 1. The van der Waals surface area contributed by atoms with Crippen LogP contribution in [0.15, 0.2) is 65.7 Å². The lowest BCUT2D eigenvalue weighted by Gasteiger charge is -2.43. The predicted molar refractivity (Wildman–Crippen MR) is 149 cm³/mol. The summed E-state index contributed by atoms with van der Waals surface area (Å²) < 4.78 is 35.1. The minimum absolute atomic E-state index is 0.0650. The van der Waals surface area contributed by atoms with Gasteiger partial charge in [-0.2, -0.15) is 0 Å². The average molecular weight is 563 g/mol. The highest BCUT2D eigenvalue weighted by Gasteiger charge is 2.45. The molecule has 1 aliphatic carbocycles. The van der Waals surface area contributed by atoms with E-state index in [1.807, 2.05) is 30.3 Å². The number of hydrogen-bond donors (Lipinski definition) is 2. The summed E-state index contributed by atoms with van der Waals surface area (Å²) in [5, 5.41) is 11.3. The Bertz CT molecular complexity index is 1500. The third kappa shape index (κ3) is 6.10. The van der Waals surface area contributed by atoms with Crippen LogP contribution in [-0.4, -0.2) is 49.8 Å². The van der Waals surface area contributed by atoms with Gasteiger partial charge in [0.05, 0.1) is 12.1 Å². The molecule has 2 heterocycles. The number of amides is 1. The van der Waals surface area contributed by atoms with Gasteiger partial charge in [0.25, 0.3) is 5.56 Å². The van der Waals surface area contributed by atoms with Crippen LogP contribution >= 0.6 is 0 Å². The molecule has 1 saturated heterocycles. The molecule has 41 heavy (non-hydrogen) atoms. The second kappa shape index (κ2) is 11.3. The summed E-state index contributed by atoms with van der Waals surface area (Å²) in [6.07, 6.45) is 7.76. The number of hydrogen-bond acceptors (Lipinski definition) is 6. The van der Waals surface area contributed by atoms with Crippen LogP contribution in [0.5, 0.6) is 11.6 Å². The SMILES string of the molecule is C#C[C@]1(F)CC[C@@H](C(=O)N2CCC(O)(Cn3cnc(Oc4ccc(F)cc4)c(N)c3=O)CC2)[C@H](c2ccccc2)C1. The molecule has 0 radical (unpaired) electrons. The highest BCUT2D eigenvalue weighted by atomic mass is 19.1. The molecule has 1 saturated carbocycles. The van der Waals surface area contributed by atoms with E-state index in [9.17, 15) is 19.1 Å². The normalized spacial score (nSPS) is 23.9. The van der Waals surface area contributed by atoms with E-state index in [-0.39, 0.29) is 74.5 Å². The van der Waals surface area contributed by atoms with E-state index >= 15 is 4.39 Å². The molecule has 214 valence electrons. The van der Waals surface area contributed by atoms with Gasteiger partial charge in [0, 0.05) is 25.4 Å². The van der Waals surface area contributed by atoms with Gasteiger partial charge in [0.15, 0.2) is 11.4 Å². The zero-order chi connectivity index (χ0) is 29.2. The minimum atomic E-state index is -1.75. The topological polar surface area (TPSA) is 111 Å². The van der Waals surface area contributed by atoms with E-state index in [0.29, 0.717) is 6.42 Å². The maximum Gasteiger partial charge on any atom is 0.280 e. The second-order valence-corrected chi connectivity index (χ2v) is 11.0. The van der Waals surface area contributed by atoms with Crippen LogP contribution in [-0.2, 0) is 11.3 Å². The third-order valence-corrected chi connectivity index (χ3v) is 8.22. The molecule has 3 N–H and O–H groups in total. The number of halogens is 2. The molecule has 8 nitrogen and oxygen atoms in total. The zero-order valence-electron chi connectivity index (χ0n) is 22.5. The summed E-state index contributed by atoms with van der Waals surface area (Å²) in [6, 6.07) is 14.6. The van der Waals surface area contributed by atoms with Crippen molar-refractivity contribution in [1.82, 2.24) is 14.5 Å². The van der Waals surface area contributed by atoms with Crippen molar-refractivity contribution in [1.29, 1.82) is 0 Å². The van der Waals surface area contributed by atoms with E-state index in [1.165, 1.54) is 35.2 Å². The average Bonchev–Trinajstić information content (AvgIpc) is 2.98. The Hall–Kier alpha value is -4.23. The third-order valence-electron chi connectivity index (χ3n) is 8.22. The van der Waals surface area contributed by atoms with Crippen LogP contribution in [0.2, 0.25) is 0 Å². The largest absolute Gasteiger partial charge is 0.437 e. The Morgan fingerprint density at radius 1 is 1.15 bits per heavy atom. The Morgan fingerprint density at radius 2 is 1.83 bits per heavy atom. The molecule has 2 fully saturated rings. The molecule has 5 rings (SSSR count). The number of nitrogens with zero attached hydrogens (tertiary/aromatic N) is 3. The molecule has 10 heteroatoms. The fourth-order valence-corrected chi connectivity index (χ4v) is 5.81. The molecule has 1 amide bonds. The van der Waals surface area contributed by atoms with Crippen molar-refractivity contribution >= 4 is 11.6 Å². The number of benzene rings is 2. The number of nitrogens with two attached hydrogens (primary N) is 1. The van der Waals surface area contributed by atoms with Crippen LogP contribution in [0.3, 0.4) is 0 Å². The summed E-state index contributed by atoms with van der Waals surface area (Å²) in [6.45, 7) is 0.504. The number of carbonyl (C=O) groups is 1. The second-order valence-electron chi connectivity index (χ2n) is 11.0. The number of carbonyl (C=O) groups excluding carboxylic acids is 1. The van der Waals surface area contributed by atoms with E-state index < -0.39 is 28.6 Å². The molecular formula is C31H32F2N4O4. The Balaban J connectivity index is 1.25. The van der Waals surface area contributed by atoms with Gasteiger partial charge in [0.2, 0.25) is 11.8 Å². The summed E-state index contributed by atoms with van der Waals surface area (Å²) in [5.74, 6) is 1.17. The molecule has 0 spiro atoms. The summed E-state index contributed by atoms with van der Waals surface area (Å²) >= 11 is 0. The molecule has 1 aliphatic heterocycles. The van der Waals surface area contributed by atoms with E-state index in [2.05, 4.69) is 10.9 Å². The van der Waals surface area contributed by atoms with Crippen molar-refractivity contribution in [3.05, 3.63) is 82.7 Å². The quantitative estimate of drug-likeness (QED) is 0.439. The standard InChI is InChI=1S/C31H32F2N4O4/c1-2-30(33)13-12-24(25(18-30)21-6-4-3-5-7-21)28(38)36-16-14-31(40,15-17-36)19-37-20-35-27(26(34)29(37)39)41-23-10-8-22(32)9-11-23/h1,3-11,20,24-25,40H,12-19,34H2/t24-,25+,30+/m1/s1. The number of aliphatic hydroxyl groups is 1. The fourth-order valence-electron chi connectivity index (χ4n) is 5.81. The van der Waals surface area contributed by atoms with Crippen molar-refractivity contribution in [3.63, 3.8) is 0 Å². The first-order valence-electron chi connectivity index (χ1n) is 13.6. The lowest BCUT2D eigenvalue weighted by molar-refractivity contribution is -0.142. The molecule has 1 aromatic heterocycles. The number of piperidine rings is 1. The Kier molecular flexibility index (Phi) is 7.82. The van der Waals surface area contributed by atoms with Crippen LogP contribution in [0.25, 0.3) is 0 Å². The molecule has 0 bridgehead atoms. The first-order valence-corrected chi connectivity index (χ1v) is 13.6. The van der Waals surface area contributed by atoms with Crippen LogP contribution < -0.4 is 16.0 Å². The number of aromatic nitrogens is 2. The van der Waals surface area contributed by atoms with Crippen LogP contribution in [0.4, 0.5) is 14.5 Å². The van der Waals surface area contributed by atoms with Crippen molar-refractivity contribution in [3.8, 4) is 24.0 Å². The number of anilines is 1. The monoisotopic (exact) mass is 562 g/mol. The maximum atomic E-state index is 15.2. The first-order chi connectivity index (χ1) is 19.6. The molecule has 2 aliphatic rings. The number of ether oxygens (including phenoxy) is 1. The first kappa shape index (κ1) is 28.3. The van der Waals surface area contributed by atoms with Crippen molar-refractivity contribution < 1.29 is 23.4 Å². The highest BCUT2D eigenvalue weighted by Crippen LogP contribution is 2.45. The molecule has 3 aromatic rings. The number of terminal acetylenes is 1. The van der Waals surface area contributed by atoms with Crippen molar-refractivity contribution in [2.45, 2.75) is 55.8 Å². The molecular weight excluding hydrogens is 530 g/mol. The molecule has 2 aromatic carbocycles. The summed E-state index contributed by atoms with van der Waals surface area (Å²) in [7, 11) is 0. The minimum Gasteiger partial charge on any atom is -0.437 e. The highest BCUT2D eigenvalue weighted by molar-refractivity contribution is 5.80. The lowest BCUT2D eigenvalue weighted by atomic mass is 9.69. The summed E-state index contributed by atoms with van der Waals surface area (Å²) in [4.78, 5) is 32.4. The fraction of sp³-hybridized carbons (Fsp3) is 0.387. The number of nitrogen functional groups attached to an aromatic ring is 1. The van der Waals surface area contributed by atoms with Gasteiger partial charge in [-0.05, 0) is 61.4 Å². The van der Waals surface area contributed by atoms with Crippen LogP contribution in [0, 0.1) is 24.1 Å². The maximum absolute atomic E-state index is 15.2. The van der Waals surface area contributed by atoms with E-state index in [1.54, 1.807) is 4.90 Å². The lowest BCUT2D eigenvalue weighted by Crippen LogP contribution is -2.52. The molecule has 0 unspecified atom stereocenters. The van der Waals surface area contributed by atoms with Gasteiger partial charge in [-0.3, -0.25) is 14.2 Å². The Morgan fingerprint density at radius 3 is 2.49 bits per heavy atom. The van der Waals surface area contributed by atoms with Gasteiger partial charge in [-0.25, -0.2) is 13.8 Å². The van der Waals surface area contributed by atoms with Gasteiger partial charge in [-0.1, -0.05) is 36.3 Å². The smallest absolute Gasteiger partial charge is 0.280 e. The Labute approximate surface area is 236 Å². The van der Waals surface area contributed by atoms with E-state index in [0.717, 1.165) is 5.56 Å². The van der Waals surface area contributed by atoms with Gasteiger partial charge in [0.1, 0.15) is 17.9 Å². The van der Waals surface area contributed by atoms with Crippen molar-refractivity contribution in [2.75, 3.05) is 18.8 Å². The van der Waals surface area contributed by atoms with Gasteiger partial charge in [-0.15, -0.1) is 6.42 Å². The van der Waals surface area contributed by atoms with Crippen LogP contribution in [0.1, 0.15) is 43.6 Å². The van der Waals surface area contributed by atoms with Crippen molar-refractivity contribution in [2.24, 2.45) is 5.92 Å².